The minimum Gasteiger partial charge on any atom is -0.507 e. The van der Waals surface area contributed by atoms with E-state index >= 15 is 0 Å². The van der Waals surface area contributed by atoms with Crippen LogP contribution in [0.4, 0.5) is 0 Å². The Morgan fingerprint density at radius 3 is 2.09 bits per heavy atom. The van der Waals surface area contributed by atoms with Crippen LogP contribution >= 0.6 is 0 Å². The van der Waals surface area contributed by atoms with Gasteiger partial charge in [-0.05, 0) is 48.9 Å². The fraction of sp³-hybridized carbons (Fsp3) is 0.333. The van der Waals surface area contributed by atoms with E-state index in [0.29, 0.717) is 36.8 Å². The number of aromatic hydroxyl groups is 2. The van der Waals surface area contributed by atoms with Gasteiger partial charge in [-0.15, -0.1) is 0 Å². The molecule has 4 heteroatoms. The van der Waals surface area contributed by atoms with Crippen molar-refractivity contribution < 1.29 is 20.4 Å². The fourth-order valence-electron chi connectivity index (χ4n) is 2.71. The van der Waals surface area contributed by atoms with Crippen LogP contribution in [0.25, 0.3) is 11.1 Å². The lowest BCUT2D eigenvalue weighted by Crippen LogP contribution is -2.01. The van der Waals surface area contributed by atoms with Crippen LogP contribution in [0.15, 0.2) is 36.4 Å². The Balaban J connectivity index is 2.56. The van der Waals surface area contributed by atoms with Crippen LogP contribution in [0.3, 0.4) is 0 Å². The first-order chi connectivity index (χ1) is 10.7. The maximum atomic E-state index is 10.3. The number of para-hydroxylation sites is 1. The molecule has 0 aliphatic carbocycles. The van der Waals surface area contributed by atoms with Crippen molar-refractivity contribution in [1.29, 1.82) is 0 Å². The van der Waals surface area contributed by atoms with Crippen molar-refractivity contribution in [2.24, 2.45) is 0 Å². The molecule has 2 aromatic carbocycles. The van der Waals surface area contributed by atoms with E-state index in [2.05, 4.69) is 0 Å². The van der Waals surface area contributed by atoms with Crippen molar-refractivity contribution in [3.63, 3.8) is 0 Å². The molecule has 0 aromatic heterocycles. The van der Waals surface area contributed by atoms with Crippen LogP contribution in [-0.4, -0.2) is 33.6 Å². The number of phenolic OH excluding ortho intramolecular Hbond substituents is 2. The van der Waals surface area contributed by atoms with E-state index in [1.165, 1.54) is 0 Å². The van der Waals surface area contributed by atoms with Gasteiger partial charge in [0, 0.05) is 24.3 Å². The van der Waals surface area contributed by atoms with Gasteiger partial charge in [-0.25, -0.2) is 0 Å². The highest BCUT2D eigenvalue weighted by molar-refractivity contribution is 5.79. The highest BCUT2D eigenvalue weighted by atomic mass is 16.3. The van der Waals surface area contributed by atoms with E-state index in [1.54, 1.807) is 24.3 Å². The van der Waals surface area contributed by atoms with Crippen molar-refractivity contribution in [1.82, 2.24) is 0 Å². The molecule has 4 nitrogen and oxygen atoms in total. The number of aryl methyl sites for hydroxylation is 1. The molecule has 0 atom stereocenters. The van der Waals surface area contributed by atoms with E-state index < -0.39 is 0 Å². The van der Waals surface area contributed by atoms with E-state index in [0.717, 1.165) is 11.1 Å². The molecule has 0 heterocycles. The van der Waals surface area contributed by atoms with E-state index in [9.17, 15) is 10.2 Å². The zero-order valence-electron chi connectivity index (χ0n) is 12.5. The average Bonchev–Trinajstić information content (AvgIpc) is 2.53. The first kappa shape index (κ1) is 16.3. The Hall–Kier alpha value is -2.04. The van der Waals surface area contributed by atoms with Gasteiger partial charge in [0.1, 0.15) is 11.5 Å². The fourth-order valence-corrected chi connectivity index (χ4v) is 2.71. The van der Waals surface area contributed by atoms with E-state index in [4.69, 9.17) is 10.2 Å². The summed E-state index contributed by atoms with van der Waals surface area (Å²) in [5, 5.41) is 38.6. The Morgan fingerprint density at radius 1 is 0.727 bits per heavy atom. The number of hydrogen-bond donors (Lipinski definition) is 4. The van der Waals surface area contributed by atoms with Crippen LogP contribution in [0.2, 0.25) is 0 Å². The van der Waals surface area contributed by atoms with Gasteiger partial charge in [0.25, 0.3) is 0 Å². The van der Waals surface area contributed by atoms with E-state index in [-0.39, 0.29) is 24.7 Å². The first-order valence-electron chi connectivity index (χ1n) is 7.52. The van der Waals surface area contributed by atoms with Crippen LogP contribution in [0.5, 0.6) is 11.5 Å². The summed E-state index contributed by atoms with van der Waals surface area (Å²) in [7, 11) is 0. The highest BCUT2D eigenvalue weighted by Gasteiger charge is 2.17. The minimum absolute atomic E-state index is 0.0648. The highest BCUT2D eigenvalue weighted by Crippen LogP contribution is 2.40. The lowest BCUT2D eigenvalue weighted by Gasteiger charge is -2.17. The third-order valence-corrected chi connectivity index (χ3v) is 3.75. The molecule has 0 saturated carbocycles. The predicted molar refractivity (Wildman–Crippen MR) is 86.0 cm³/mol. The molecule has 0 aliphatic rings. The molecule has 2 rings (SSSR count). The standard InChI is InChI=1S/C18H22O4/c19-11-3-5-13-9-10-17(22)18(14(13)7-4-12-20)15-6-1-2-8-16(15)21/h1-2,6,8-10,19-22H,3-5,7,11-12H2. The van der Waals surface area contributed by atoms with Crippen molar-refractivity contribution in [3.8, 4) is 22.6 Å². The summed E-state index contributed by atoms with van der Waals surface area (Å²) < 4.78 is 0. The number of phenols is 2. The molecular formula is C18H22O4. The molecule has 0 amide bonds. The van der Waals surface area contributed by atoms with Crippen LogP contribution in [0, 0.1) is 0 Å². The quantitative estimate of drug-likeness (QED) is 0.634. The monoisotopic (exact) mass is 302 g/mol. The van der Waals surface area contributed by atoms with Crippen LogP contribution in [-0.2, 0) is 12.8 Å². The van der Waals surface area contributed by atoms with Crippen molar-refractivity contribution in [3.05, 3.63) is 47.5 Å². The molecule has 0 radical (unpaired) electrons. The zero-order valence-corrected chi connectivity index (χ0v) is 12.5. The van der Waals surface area contributed by atoms with Gasteiger partial charge in [0.2, 0.25) is 0 Å². The molecule has 118 valence electrons. The Kier molecular flexibility index (Phi) is 5.81. The van der Waals surface area contributed by atoms with Gasteiger partial charge in [-0.2, -0.15) is 0 Å². The third-order valence-electron chi connectivity index (χ3n) is 3.75. The van der Waals surface area contributed by atoms with Crippen molar-refractivity contribution >= 4 is 0 Å². The molecule has 4 N–H and O–H groups in total. The molecule has 0 bridgehead atoms. The molecule has 0 fully saturated rings. The van der Waals surface area contributed by atoms with Gasteiger partial charge in [0.15, 0.2) is 0 Å². The Morgan fingerprint density at radius 2 is 1.41 bits per heavy atom. The van der Waals surface area contributed by atoms with Gasteiger partial charge in [-0.1, -0.05) is 24.3 Å². The number of hydrogen-bond acceptors (Lipinski definition) is 4. The Labute approximate surface area is 130 Å². The first-order valence-corrected chi connectivity index (χ1v) is 7.52. The van der Waals surface area contributed by atoms with Crippen molar-refractivity contribution in [2.45, 2.75) is 25.7 Å². The van der Waals surface area contributed by atoms with Gasteiger partial charge < -0.3 is 20.4 Å². The lowest BCUT2D eigenvalue weighted by atomic mass is 9.89. The molecular weight excluding hydrogens is 280 g/mol. The minimum atomic E-state index is 0.0648. The summed E-state index contributed by atoms with van der Waals surface area (Å²) in [5.74, 6) is 0.226. The second-order valence-corrected chi connectivity index (χ2v) is 5.27. The van der Waals surface area contributed by atoms with Crippen LogP contribution in [0.1, 0.15) is 24.0 Å². The zero-order chi connectivity index (χ0) is 15.9. The average molecular weight is 302 g/mol. The molecule has 22 heavy (non-hydrogen) atoms. The topological polar surface area (TPSA) is 80.9 Å². The summed E-state index contributed by atoms with van der Waals surface area (Å²) in [6, 6.07) is 10.4. The normalized spacial score (nSPS) is 10.8. The number of aliphatic hydroxyl groups is 2. The third kappa shape index (κ3) is 3.59. The molecule has 0 aliphatic heterocycles. The van der Waals surface area contributed by atoms with Gasteiger partial charge in [0.05, 0.1) is 0 Å². The van der Waals surface area contributed by atoms with Crippen LogP contribution < -0.4 is 0 Å². The molecule has 0 unspecified atom stereocenters. The summed E-state index contributed by atoms with van der Waals surface area (Å²) >= 11 is 0. The number of aliphatic hydroxyl groups excluding tert-OH is 2. The SMILES string of the molecule is OCCCc1ccc(O)c(-c2ccccc2O)c1CCCO. The lowest BCUT2D eigenvalue weighted by molar-refractivity contribution is 0.286. The number of benzene rings is 2. The molecule has 0 spiro atoms. The molecule has 0 saturated heterocycles. The summed E-state index contributed by atoms with van der Waals surface area (Å²) in [5.41, 5.74) is 3.14. The smallest absolute Gasteiger partial charge is 0.123 e. The number of rotatable bonds is 7. The van der Waals surface area contributed by atoms with E-state index in [1.807, 2.05) is 12.1 Å². The second-order valence-electron chi connectivity index (χ2n) is 5.27. The summed E-state index contributed by atoms with van der Waals surface area (Å²) in [4.78, 5) is 0. The maximum Gasteiger partial charge on any atom is 0.123 e. The summed E-state index contributed by atoms with van der Waals surface area (Å²) in [6.45, 7) is 0.168. The second kappa shape index (κ2) is 7.82. The maximum absolute atomic E-state index is 10.3. The van der Waals surface area contributed by atoms with Gasteiger partial charge in [-0.3, -0.25) is 0 Å². The molecule has 2 aromatic rings. The predicted octanol–water partition coefficient (Wildman–Crippen LogP) is 2.61. The Bertz CT molecular complexity index is 622. The van der Waals surface area contributed by atoms with Crippen molar-refractivity contribution in [2.75, 3.05) is 13.2 Å². The summed E-state index contributed by atoms with van der Waals surface area (Å²) in [6.07, 6.45) is 2.51. The largest absolute Gasteiger partial charge is 0.507 e. The van der Waals surface area contributed by atoms with Gasteiger partial charge >= 0.3 is 0 Å².